The number of likely N-dealkylation sites (N-methyl/N-ethyl adjacent to an activating group) is 1. The Morgan fingerprint density at radius 3 is 2.11 bits per heavy atom. The summed E-state index contributed by atoms with van der Waals surface area (Å²) < 4.78 is 5.28. The van der Waals surface area contributed by atoms with E-state index in [4.69, 9.17) is 4.74 Å². The summed E-state index contributed by atoms with van der Waals surface area (Å²) in [7, 11) is 1.42. The molecule has 0 bridgehead atoms. The molecule has 0 radical (unpaired) electrons. The summed E-state index contributed by atoms with van der Waals surface area (Å²) in [6.45, 7) is 0.0481. The molecule has 0 aliphatic carbocycles. The van der Waals surface area contributed by atoms with E-state index in [-0.39, 0.29) is 25.3 Å². The maximum Gasteiger partial charge on any atom is 0.408 e. The highest BCUT2D eigenvalue weighted by atomic mass is 16.6. The number of nitrogens with zero attached hydrogens (tertiary/aromatic N) is 4. The zero-order chi connectivity index (χ0) is 25.9. The Balaban J connectivity index is 1.71. The Morgan fingerprint density at radius 2 is 1.56 bits per heavy atom. The van der Waals surface area contributed by atoms with Crippen LogP contribution in [0.15, 0.2) is 84.9 Å². The second kappa shape index (κ2) is 12.5. The van der Waals surface area contributed by atoms with Gasteiger partial charge in [0.2, 0.25) is 0 Å². The third-order valence-electron chi connectivity index (χ3n) is 5.36. The Kier molecular flexibility index (Phi) is 8.94. The molecule has 0 spiro atoms. The van der Waals surface area contributed by atoms with Crippen LogP contribution in [0.4, 0.5) is 10.5 Å². The van der Waals surface area contributed by atoms with Crippen molar-refractivity contribution in [3.8, 4) is 6.19 Å². The molecule has 3 aromatic rings. The molecule has 0 unspecified atom stereocenters. The molecule has 0 fully saturated rings. The van der Waals surface area contributed by atoms with E-state index >= 15 is 0 Å². The SMILES string of the molecule is CN(C(=O)[C@H](Cc1ccccc1)NC(=O)OCc1ccccc1)N(C#N)Cc1ccc([N+](=O)[O-])cc1. The van der Waals surface area contributed by atoms with Gasteiger partial charge in [0, 0.05) is 25.6 Å². The third kappa shape index (κ3) is 7.30. The van der Waals surface area contributed by atoms with Gasteiger partial charge in [-0.05, 0) is 16.7 Å². The van der Waals surface area contributed by atoms with E-state index in [2.05, 4.69) is 5.32 Å². The minimum Gasteiger partial charge on any atom is -0.445 e. The number of rotatable bonds is 10. The van der Waals surface area contributed by atoms with E-state index in [1.54, 1.807) is 0 Å². The monoisotopic (exact) mass is 487 g/mol. The fraction of sp³-hybridized carbons (Fsp3) is 0.192. The Labute approximate surface area is 208 Å². The molecule has 0 saturated heterocycles. The van der Waals surface area contributed by atoms with Crippen molar-refractivity contribution in [3.63, 3.8) is 0 Å². The van der Waals surface area contributed by atoms with Gasteiger partial charge in [-0.25, -0.2) is 14.8 Å². The predicted octanol–water partition coefficient (Wildman–Crippen LogP) is 3.79. The number of hydrogen-bond donors (Lipinski definition) is 1. The van der Waals surface area contributed by atoms with Gasteiger partial charge in [-0.1, -0.05) is 72.8 Å². The fourth-order valence-corrected chi connectivity index (χ4v) is 3.41. The number of hydrogen-bond acceptors (Lipinski definition) is 7. The van der Waals surface area contributed by atoms with Gasteiger partial charge in [-0.2, -0.15) is 5.26 Å². The van der Waals surface area contributed by atoms with E-state index in [0.717, 1.165) is 21.1 Å². The first-order valence-electron chi connectivity index (χ1n) is 11.1. The number of carbonyl (C=O) groups is 2. The molecule has 0 aliphatic heterocycles. The molecule has 184 valence electrons. The van der Waals surface area contributed by atoms with Gasteiger partial charge in [0.15, 0.2) is 6.19 Å². The number of benzene rings is 3. The summed E-state index contributed by atoms with van der Waals surface area (Å²) in [6.07, 6.45) is 1.37. The van der Waals surface area contributed by atoms with E-state index < -0.39 is 23.0 Å². The van der Waals surface area contributed by atoms with Crippen molar-refractivity contribution in [2.45, 2.75) is 25.6 Å². The number of nitro benzene ring substituents is 1. The number of nitrogens with one attached hydrogen (secondary N) is 1. The maximum atomic E-state index is 13.4. The van der Waals surface area contributed by atoms with E-state index in [1.807, 2.05) is 66.9 Å². The van der Waals surface area contributed by atoms with Crippen LogP contribution in [0.25, 0.3) is 0 Å². The zero-order valence-corrected chi connectivity index (χ0v) is 19.6. The topological polar surface area (TPSA) is 129 Å². The largest absolute Gasteiger partial charge is 0.445 e. The standard InChI is InChI=1S/C26H25N5O5/c1-29(30(19-27)17-21-12-14-23(15-13-21)31(34)35)25(32)24(16-20-8-4-2-5-9-20)28-26(33)36-18-22-10-6-3-7-11-22/h2-15,24H,16-18H2,1H3,(H,28,33)/t24-/m0/s1. The first kappa shape index (κ1) is 25.7. The summed E-state index contributed by atoms with van der Waals surface area (Å²) >= 11 is 0. The lowest BCUT2D eigenvalue weighted by Gasteiger charge is -2.30. The smallest absolute Gasteiger partial charge is 0.408 e. The second-order valence-electron chi connectivity index (χ2n) is 7.89. The van der Waals surface area contributed by atoms with Gasteiger partial charge in [0.1, 0.15) is 12.6 Å². The van der Waals surface area contributed by atoms with Gasteiger partial charge >= 0.3 is 6.09 Å². The lowest BCUT2D eigenvalue weighted by Crippen LogP contribution is -2.52. The second-order valence-corrected chi connectivity index (χ2v) is 7.89. The van der Waals surface area contributed by atoms with Crippen molar-refractivity contribution in [3.05, 3.63) is 112 Å². The van der Waals surface area contributed by atoms with Crippen LogP contribution >= 0.6 is 0 Å². The molecule has 2 amide bonds. The first-order chi connectivity index (χ1) is 17.4. The number of ether oxygens (including phenoxy) is 1. The summed E-state index contributed by atoms with van der Waals surface area (Å²) in [5, 5.41) is 25.4. The average molecular weight is 488 g/mol. The molecule has 36 heavy (non-hydrogen) atoms. The highest BCUT2D eigenvalue weighted by Crippen LogP contribution is 2.15. The quantitative estimate of drug-likeness (QED) is 0.199. The van der Waals surface area contributed by atoms with Gasteiger partial charge in [0.05, 0.1) is 11.5 Å². The molecule has 0 saturated carbocycles. The van der Waals surface area contributed by atoms with Crippen LogP contribution in [0.1, 0.15) is 16.7 Å². The molecular weight excluding hydrogens is 462 g/mol. The number of alkyl carbamates (subject to hydrolysis) is 1. The molecule has 10 nitrogen and oxygen atoms in total. The molecule has 1 atom stereocenters. The lowest BCUT2D eigenvalue weighted by atomic mass is 10.1. The van der Waals surface area contributed by atoms with Gasteiger partial charge in [0.25, 0.3) is 11.6 Å². The van der Waals surface area contributed by atoms with Crippen molar-refractivity contribution in [2.24, 2.45) is 0 Å². The number of carbonyl (C=O) groups excluding carboxylic acids is 2. The van der Waals surface area contributed by atoms with Gasteiger partial charge in [-0.3, -0.25) is 14.9 Å². The normalized spacial score (nSPS) is 11.0. The summed E-state index contributed by atoms with van der Waals surface area (Å²) in [5.41, 5.74) is 2.13. The Hall–Kier alpha value is -4.91. The summed E-state index contributed by atoms with van der Waals surface area (Å²) in [5.74, 6) is -0.529. The predicted molar refractivity (Wildman–Crippen MR) is 131 cm³/mol. The van der Waals surface area contributed by atoms with Gasteiger partial charge in [-0.15, -0.1) is 0 Å². The average Bonchev–Trinajstić information content (AvgIpc) is 2.90. The molecule has 3 rings (SSSR count). The molecule has 1 N–H and O–H groups in total. The van der Waals surface area contributed by atoms with E-state index in [1.165, 1.54) is 31.3 Å². The van der Waals surface area contributed by atoms with Crippen molar-refractivity contribution >= 4 is 17.7 Å². The first-order valence-corrected chi connectivity index (χ1v) is 11.1. The van der Waals surface area contributed by atoms with E-state index in [0.29, 0.717) is 5.56 Å². The Bertz CT molecular complexity index is 1210. The lowest BCUT2D eigenvalue weighted by molar-refractivity contribution is -0.384. The highest BCUT2D eigenvalue weighted by Gasteiger charge is 2.28. The van der Waals surface area contributed by atoms with Gasteiger partial charge < -0.3 is 10.1 Å². The van der Waals surface area contributed by atoms with Crippen LogP contribution in [0, 0.1) is 21.6 Å². The number of hydrazine groups is 1. The van der Waals surface area contributed by atoms with Crippen LogP contribution in [-0.4, -0.2) is 40.0 Å². The van der Waals surface area contributed by atoms with Crippen LogP contribution in [0.3, 0.4) is 0 Å². The van der Waals surface area contributed by atoms with Crippen molar-refractivity contribution in [2.75, 3.05) is 7.05 Å². The number of non-ortho nitro benzene ring substituents is 1. The third-order valence-corrected chi connectivity index (χ3v) is 5.36. The fourth-order valence-electron chi connectivity index (χ4n) is 3.41. The maximum absolute atomic E-state index is 13.4. The number of nitriles is 1. The zero-order valence-electron chi connectivity index (χ0n) is 19.6. The number of amides is 2. The van der Waals surface area contributed by atoms with Crippen LogP contribution in [0.2, 0.25) is 0 Å². The minimum atomic E-state index is -1.01. The highest BCUT2D eigenvalue weighted by molar-refractivity contribution is 5.85. The van der Waals surface area contributed by atoms with E-state index in [9.17, 15) is 25.0 Å². The number of nitro groups is 1. The molecule has 0 heterocycles. The van der Waals surface area contributed by atoms with Crippen LogP contribution in [-0.2, 0) is 29.1 Å². The summed E-state index contributed by atoms with van der Waals surface area (Å²) in [6, 6.07) is 23.0. The van der Waals surface area contributed by atoms with Crippen molar-refractivity contribution in [1.29, 1.82) is 5.26 Å². The Morgan fingerprint density at radius 1 is 0.972 bits per heavy atom. The molecular formula is C26H25N5O5. The molecule has 10 heteroatoms. The molecule has 0 aromatic heterocycles. The van der Waals surface area contributed by atoms with Crippen LogP contribution < -0.4 is 5.32 Å². The minimum absolute atomic E-state index is 0.00719. The van der Waals surface area contributed by atoms with Crippen molar-refractivity contribution < 1.29 is 19.2 Å². The van der Waals surface area contributed by atoms with Crippen molar-refractivity contribution in [1.82, 2.24) is 15.3 Å². The molecule has 0 aliphatic rings. The summed E-state index contributed by atoms with van der Waals surface area (Å²) in [4.78, 5) is 36.2. The van der Waals surface area contributed by atoms with Crippen LogP contribution in [0.5, 0.6) is 0 Å². The molecule has 3 aromatic carbocycles.